The summed E-state index contributed by atoms with van der Waals surface area (Å²) in [4.78, 5) is 2.49. The van der Waals surface area contributed by atoms with Gasteiger partial charge in [0, 0.05) is 42.8 Å². The second-order valence-corrected chi connectivity index (χ2v) is 5.28. The molecule has 1 aliphatic rings. The molecule has 1 aromatic carbocycles. The van der Waals surface area contributed by atoms with Crippen molar-refractivity contribution in [3.8, 4) is 0 Å². The minimum atomic E-state index is 0.866. The van der Waals surface area contributed by atoms with Crippen LogP contribution in [0.1, 0.15) is 18.2 Å². The Kier molecular flexibility index (Phi) is 3.58. The Hall–Kier alpha value is -1.32. The molecule has 0 spiro atoms. The van der Waals surface area contributed by atoms with Crippen molar-refractivity contribution in [2.45, 2.75) is 26.9 Å². The van der Waals surface area contributed by atoms with Gasteiger partial charge >= 0.3 is 0 Å². The molecule has 3 nitrogen and oxygen atoms in total. The summed E-state index contributed by atoms with van der Waals surface area (Å²) in [6.45, 7) is 10.3. The van der Waals surface area contributed by atoms with Gasteiger partial charge in [-0.3, -0.25) is 4.90 Å². The molecular formula is C16H22N2O. The number of aryl methyl sites for hydroxylation is 2. The van der Waals surface area contributed by atoms with Crippen LogP contribution in [0.5, 0.6) is 0 Å². The number of hydrogen-bond donors (Lipinski definition) is 0. The predicted octanol–water partition coefficient (Wildman–Crippen LogP) is 2.80. The van der Waals surface area contributed by atoms with Gasteiger partial charge < -0.3 is 9.30 Å². The fourth-order valence-corrected chi connectivity index (χ4v) is 2.98. The number of hydrogen-bond acceptors (Lipinski definition) is 2. The van der Waals surface area contributed by atoms with Crippen molar-refractivity contribution in [3.63, 3.8) is 0 Å². The van der Waals surface area contributed by atoms with E-state index in [1.165, 1.54) is 22.2 Å². The third-order valence-corrected chi connectivity index (χ3v) is 4.06. The van der Waals surface area contributed by atoms with Gasteiger partial charge in [-0.2, -0.15) is 0 Å². The molecule has 1 aliphatic heterocycles. The third kappa shape index (κ3) is 2.40. The lowest BCUT2D eigenvalue weighted by atomic mass is 10.1. The Labute approximate surface area is 114 Å². The van der Waals surface area contributed by atoms with Crippen molar-refractivity contribution >= 4 is 10.9 Å². The van der Waals surface area contributed by atoms with Crippen molar-refractivity contribution in [3.05, 3.63) is 35.5 Å². The number of benzene rings is 1. The first-order valence-corrected chi connectivity index (χ1v) is 7.17. The molecule has 0 N–H and O–H groups in total. The minimum Gasteiger partial charge on any atom is -0.379 e. The maximum Gasteiger partial charge on any atom is 0.0594 e. The minimum absolute atomic E-state index is 0.866. The van der Waals surface area contributed by atoms with Crippen molar-refractivity contribution in [2.24, 2.45) is 0 Å². The smallest absolute Gasteiger partial charge is 0.0594 e. The first-order chi connectivity index (χ1) is 9.29. The van der Waals surface area contributed by atoms with Gasteiger partial charge in [0.05, 0.1) is 13.2 Å². The van der Waals surface area contributed by atoms with Crippen LogP contribution in [-0.2, 0) is 17.8 Å². The van der Waals surface area contributed by atoms with Crippen LogP contribution in [0.25, 0.3) is 10.9 Å². The van der Waals surface area contributed by atoms with Crippen molar-refractivity contribution in [1.82, 2.24) is 9.47 Å². The van der Waals surface area contributed by atoms with Gasteiger partial charge in [-0.15, -0.1) is 0 Å². The zero-order valence-corrected chi connectivity index (χ0v) is 11.9. The highest BCUT2D eigenvalue weighted by atomic mass is 16.5. The molecule has 1 aromatic heterocycles. The number of ether oxygens (including phenoxy) is 1. The molecule has 19 heavy (non-hydrogen) atoms. The summed E-state index contributed by atoms with van der Waals surface area (Å²) in [5, 5.41) is 1.40. The largest absolute Gasteiger partial charge is 0.379 e. The summed E-state index contributed by atoms with van der Waals surface area (Å²) in [5.41, 5.74) is 4.16. The molecule has 0 aliphatic carbocycles. The fourth-order valence-electron chi connectivity index (χ4n) is 2.98. The van der Waals surface area contributed by atoms with Crippen molar-refractivity contribution in [2.75, 3.05) is 26.3 Å². The molecule has 102 valence electrons. The summed E-state index contributed by atoms with van der Waals surface area (Å²) >= 11 is 0. The number of rotatable bonds is 3. The lowest BCUT2D eigenvalue weighted by Gasteiger charge is -2.26. The summed E-state index contributed by atoms with van der Waals surface area (Å²) in [7, 11) is 0. The Balaban J connectivity index is 1.95. The number of aromatic nitrogens is 1. The standard InChI is InChI=1S/C16H22N2O/c1-3-18-14(12-17-7-9-19-10-8-17)11-15-13(2)5-4-6-16(15)18/h4-6,11H,3,7-10,12H2,1-2H3. The molecule has 0 unspecified atom stereocenters. The van der Waals surface area contributed by atoms with Crippen LogP contribution in [0, 0.1) is 6.92 Å². The Morgan fingerprint density at radius 1 is 1.21 bits per heavy atom. The van der Waals surface area contributed by atoms with E-state index >= 15 is 0 Å². The Bertz CT molecular complexity index is 567. The second-order valence-electron chi connectivity index (χ2n) is 5.28. The van der Waals surface area contributed by atoms with Crippen LogP contribution in [0.2, 0.25) is 0 Å². The first-order valence-electron chi connectivity index (χ1n) is 7.17. The van der Waals surface area contributed by atoms with E-state index < -0.39 is 0 Å². The van der Waals surface area contributed by atoms with Crippen LogP contribution in [0.4, 0.5) is 0 Å². The molecule has 0 amide bonds. The molecule has 3 rings (SSSR count). The third-order valence-electron chi connectivity index (χ3n) is 4.06. The summed E-state index contributed by atoms with van der Waals surface area (Å²) in [5.74, 6) is 0. The van der Waals surface area contributed by atoms with Gasteiger partial charge in [0.25, 0.3) is 0 Å². The van der Waals surface area contributed by atoms with E-state index in [9.17, 15) is 0 Å². The molecule has 1 saturated heterocycles. The van der Waals surface area contributed by atoms with Crippen LogP contribution in [-0.4, -0.2) is 35.8 Å². The maximum absolute atomic E-state index is 5.42. The molecule has 3 heteroatoms. The predicted molar refractivity (Wildman–Crippen MR) is 78.4 cm³/mol. The van der Waals surface area contributed by atoms with Gasteiger partial charge in [0.1, 0.15) is 0 Å². The van der Waals surface area contributed by atoms with E-state index in [-0.39, 0.29) is 0 Å². The van der Waals surface area contributed by atoms with Gasteiger partial charge in [-0.1, -0.05) is 12.1 Å². The fraction of sp³-hybridized carbons (Fsp3) is 0.500. The summed E-state index contributed by atoms with van der Waals surface area (Å²) < 4.78 is 7.87. The molecule has 2 heterocycles. The van der Waals surface area contributed by atoms with Crippen LogP contribution < -0.4 is 0 Å². The second kappa shape index (κ2) is 5.35. The van der Waals surface area contributed by atoms with Gasteiger partial charge in [0.2, 0.25) is 0 Å². The van der Waals surface area contributed by atoms with Crippen LogP contribution in [0.3, 0.4) is 0 Å². The van der Waals surface area contributed by atoms with Crippen molar-refractivity contribution < 1.29 is 4.74 Å². The van der Waals surface area contributed by atoms with Gasteiger partial charge in [0.15, 0.2) is 0 Å². The molecule has 0 bridgehead atoms. The Morgan fingerprint density at radius 2 is 2.00 bits per heavy atom. The quantitative estimate of drug-likeness (QED) is 0.842. The maximum atomic E-state index is 5.42. The van der Waals surface area contributed by atoms with Crippen molar-refractivity contribution in [1.29, 1.82) is 0 Å². The number of morpholine rings is 1. The van der Waals surface area contributed by atoms with E-state index in [1.807, 2.05) is 0 Å². The molecule has 0 saturated carbocycles. The van der Waals surface area contributed by atoms with E-state index in [0.717, 1.165) is 39.4 Å². The highest BCUT2D eigenvalue weighted by molar-refractivity contribution is 5.84. The SMILES string of the molecule is CCn1c(CN2CCOCC2)cc2c(C)cccc21. The van der Waals surface area contributed by atoms with E-state index in [4.69, 9.17) is 4.74 Å². The van der Waals surface area contributed by atoms with Crippen LogP contribution in [0.15, 0.2) is 24.3 Å². The van der Waals surface area contributed by atoms with Gasteiger partial charge in [-0.05, 0) is 31.5 Å². The van der Waals surface area contributed by atoms with Gasteiger partial charge in [-0.25, -0.2) is 0 Å². The average Bonchev–Trinajstić information content (AvgIpc) is 2.79. The Morgan fingerprint density at radius 3 is 2.74 bits per heavy atom. The first kappa shape index (κ1) is 12.7. The lowest BCUT2D eigenvalue weighted by Crippen LogP contribution is -2.36. The molecule has 2 aromatic rings. The average molecular weight is 258 g/mol. The molecule has 0 radical (unpaired) electrons. The van der Waals surface area contributed by atoms with Crippen LogP contribution >= 0.6 is 0 Å². The lowest BCUT2D eigenvalue weighted by molar-refractivity contribution is 0.0332. The number of nitrogens with zero attached hydrogens (tertiary/aromatic N) is 2. The summed E-state index contributed by atoms with van der Waals surface area (Å²) in [6, 6.07) is 8.95. The highest BCUT2D eigenvalue weighted by Crippen LogP contribution is 2.24. The summed E-state index contributed by atoms with van der Waals surface area (Å²) in [6.07, 6.45) is 0. The normalized spacial score (nSPS) is 17.2. The highest BCUT2D eigenvalue weighted by Gasteiger charge is 2.15. The number of fused-ring (bicyclic) bond motifs is 1. The molecular weight excluding hydrogens is 236 g/mol. The van der Waals surface area contributed by atoms with E-state index in [1.54, 1.807) is 0 Å². The monoisotopic (exact) mass is 258 g/mol. The van der Waals surface area contributed by atoms with E-state index in [2.05, 4.69) is 47.6 Å². The zero-order valence-electron chi connectivity index (χ0n) is 11.9. The zero-order chi connectivity index (χ0) is 13.2. The van der Waals surface area contributed by atoms with E-state index in [0.29, 0.717) is 0 Å². The molecule has 1 fully saturated rings. The molecule has 0 atom stereocenters. The topological polar surface area (TPSA) is 17.4 Å².